The van der Waals surface area contributed by atoms with Gasteiger partial charge in [-0.15, -0.1) is 0 Å². The number of rotatable bonds is 4. The van der Waals surface area contributed by atoms with Gasteiger partial charge in [0.15, 0.2) is 5.75 Å². The van der Waals surface area contributed by atoms with Crippen LogP contribution in [0.4, 0.5) is 0 Å². The van der Waals surface area contributed by atoms with Crippen molar-refractivity contribution in [3.63, 3.8) is 0 Å². The summed E-state index contributed by atoms with van der Waals surface area (Å²) in [6.07, 6.45) is 0. The Morgan fingerprint density at radius 2 is 1.65 bits per heavy atom. The van der Waals surface area contributed by atoms with Crippen molar-refractivity contribution >= 4 is 26.7 Å². The largest absolute Gasteiger partial charge is 0.427 e. The van der Waals surface area contributed by atoms with Gasteiger partial charge in [0.25, 0.3) is 26.7 Å². The Balaban J connectivity index is 3.56. The van der Waals surface area contributed by atoms with Crippen LogP contribution in [-0.4, -0.2) is 32.4 Å². The molecule has 0 aliphatic rings. The first-order valence-electron chi connectivity index (χ1n) is 3.85. The van der Waals surface area contributed by atoms with E-state index in [1.807, 2.05) is 0 Å². The molecule has 0 saturated carbocycles. The van der Waals surface area contributed by atoms with E-state index in [0.29, 0.717) is 6.07 Å². The fourth-order valence-corrected chi connectivity index (χ4v) is 2.23. The molecule has 0 unspecified atom stereocenters. The number of carbonyl (C=O) groups is 1. The van der Waals surface area contributed by atoms with E-state index in [-0.39, 0.29) is 6.47 Å². The maximum Gasteiger partial charge on any atom is 0.298 e. The Kier molecular flexibility index (Phi) is 3.52. The first-order valence-corrected chi connectivity index (χ1v) is 6.73. The molecular weight excluding hydrogens is 276 g/mol. The molecule has 0 aliphatic carbocycles. The summed E-state index contributed by atoms with van der Waals surface area (Å²) in [5.74, 6) is -0.560. The predicted molar refractivity (Wildman–Crippen MR) is 52.8 cm³/mol. The van der Waals surface area contributed by atoms with Crippen LogP contribution in [0, 0.1) is 0 Å². The van der Waals surface area contributed by atoms with Crippen LogP contribution in [0.1, 0.15) is 0 Å². The molecule has 1 aromatic rings. The van der Waals surface area contributed by atoms with E-state index < -0.39 is 35.8 Å². The van der Waals surface area contributed by atoms with Crippen LogP contribution in [0.15, 0.2) is 28.0 Å². The summed E-state index contributed by atoms with van der Waals surface area (Å²) in [7, 11) is -9.43. The summed E-state index contributed by atoms with van der Waals surface area (Å²) in [6, 6.07) is 2.08. The Morgan fingerprint density at radius 1 is 1.06 bits per heavy atom. The molecule has 1 aromatic carbocycles. The van der Waals surface area contributed by atoms with Gasteiger partial charge in [0, 0.05) is 0 Å². The third kappa shape index (κ3) is 3.23. The lowest BCUT2D eigenvalue weighted by Crippen LogP contribution is -2.06. The number of carbonyl (C=O) groups excluding carboxylic acids is 1. The summed E-state index contributed by atoms with van der Waals surface area (Å²) in [4.78, 5) is 8.36. The van der Waals surface area contributed by atoms with Crippen molar-refractivity contribution < 1.29 is 35.5 Å². The molecule has 0 aliphatic heterocycles. The average Bonchev–Trinajstić information content (AvgIpc) is 2.15. The van der Waals surface area contributed by atoms with Crippen LogP contribution in [-0.2, 0) is 25.0 Å². The average molecular weight is 282 g/mol. The first kappa shape index (κ1) is 13.6. The minimum atomic E-state index is -4.80. The number of hydrogen-bond acceptors (Lipinski definition) is 6. The summed E-state index contributed by atoms with van der Waals surface area (Å²) < 4.78 is 65.0. The zero-order chi connectivity index (χ0) is 13.3. The zero-order valence-electron chi connectivity index (χ0n) is 7.97. The van der Waals surface area contributed by atoms with Gasteiger partial charge in [0.2, 0.25) is 0 Å². The summed E-state index contributed by atoms with van der Waals surface area (Å²) in [6.45, 7) is -0.100. The molecule has 17 heavy (non-hydrogen) atoms. The Morgan fingerprint density at radius 3 is 2.06 bits per heavy atom. The fraction of sp³-hybridized carbons (Fsp3) is 0. The molecule has 0 saturated heterocycles. The van der Waals surface area contributed by atoms with Crippen LogP contribution in [0.2, 0.25) is 0 Å². The van der Waals surface area contributed by atoms with Gasteiger partial charge in [-0.2, -0.15) is 16.8 Å². The van der Waals surface area contributed by atoms with E-state index in [9.17, 15) is 21.6 Å². The lowest BCUT2D eigenvalue weighted by molar-refractivity contribution is -0.120. The molecule has 94 valence electrons. The molecular formula is C7H6O8S2. The van der Waals surface area contributed by atoms with Gasteiger partial charge in [-0.3, -0.25) is 13.9 Å². The molecule has 0 atom stereocenters. The van der Waals surface area contributed by atoms with Gasteiger partial charge >= 0.3 is 0 Å². The fourth-order valence-electron chi connectivity index (χ4n) is 1.000. The Labute approximate surface area is 96.3 Å². The number of hydrogen-bond donors (Lipinski definition) is 2. The highest BCUT2D eigenvalue weighted by molar-refractivity contribution is 7.86. The molecule has 2 N–H and O–H groups in total. The molecule has 1 rings (SSSR count). The number of benzene rings is 1. The van der Waals surface area contributed by atoms with Gasteiger partial charge in [0.05, 0.1) is 4.90 Å². The number of ether oxygens (including phenoxy) is 1. The van der Waals surface area contributed by atoms with E-state index in [4.69, 9.17) is 9.11 Å². The van der Waals surface area contributed by atoms with Gasteiger partial charge in [-0.25, -0.2) is 0 Å². The third-order valence-corrected chi connectivity index (χ3v) is 3.39. The second kappa shape index (κ2) is 4.41. The van der Waals surface area contributed by atoms with Crippen molar-refractivity contribution in [2.24, 2.45) is 0 Å². The topological polar surface area (TPSA) is 135 Å². The Bertz CT molecular complexity index is 642. The lowest BCUT2D eigenvalue weighted by Gasteiger charge is -2.05. The van der Waals surface area contributed by atoms with Gasteiger partial charge in [-0.05, 0) is 18.2 Å². The summed E-state index contributed by atoms with van der Waals surface area (Å²) in [5, 5.41) is 0. The monoisotopic (exact) mass is 282 g/mol. The highest BCUT2D eigenvalue weighted by Crippen LogP contribution is 2.26. The zero-order valence-corrected chi connectivity index (χ0v) is 9.60. The van der Waals surface area contributed by atoms with E-state index in [0.717, 1.165) is 12.1 Å². The third-order valence-electron chi connectivity index (χ3n) is 1.67. The molecule has 0 bridgehead atoms. The smallest absolute Gasteiger partial charge is 0.298 e. The molecule has 0 amide bonds. The van der Waals surface area contributed by atoms with Gasteiger partial charge < -0.3 is 4.74 Å². The summed E-state index contributed by atoms with van der Waals surface area (Å²) in [5.41, 5.74) is 0. The highest BCUT2D eigenvalue weighted by atomic mass is 32.2. The van der Waals surface area contributed by atoms with Crippen molar-refractivity contribution in [3.05, 3.63) is 18.2 Å². The predicted octanol–water partition coefficient (Wildman–Crippen LogP) is -0.285. The van der Waals surface area contributed by atoms with E-state index in [1.165, 1.54) is 0 Å². The molecule has 0 fully saturated rings. The molecule has 0 heterocycles. The first-order chi connectivity index (χ1) is 7.66. The van der Waals surface area contributed by atoms with Gasteiger partial charge in [-0.1, -0.05) is 0 Å². The molecule has 10 heteroatoms. The van der Waals surface area contributed by atoms with E-state index >= 15 is 0 Å². The highest BCUT2D eigenvalue weighted by Gasteiger charge is 2.21. The molecule has 0 radical (unpaired) electrons. The lowest BCUT2D eigenvalue weighted by atomic mass is 10.3. The van der Waals surface area contributed by atoms with E-state index in [2.05, 4.69) is 4.74 Å². The minimum absolute atomic E-state index is 0.100. The maximum atomic E-state index is 10.9. The van der Waals surface area contributed by atoms with Crippen LogP contribution in [0.5, 0.6) is 5.75 Å². The Hall–Kier alpha value is -1.49. The van der Waals surface area contributed by atoms with Crippen LogP contribution in [0.3, 0.4) is 0 Å². The van der Waals surface area contributed by atoms with Crippen LogP contribution in [0.25, 0.3) is 0 Å². The van der Waals surface area contributed by atoms with E-state index in [1.54, 1.807) is 0 Å². The van der Waals surface area contributed by atoms with Crippen LogP contribution >= 0.6 is 0 Å². The van der Waals surface area contributed by atoms with Crippen molar-refractivity contribution in [2.75, 3.05) is 0 Å². The molecule has 8 nitrogen and oxygen atoms in total. The second-order valence-electron chi connectivity index (χ2n) is 2.77. The van der Waals surface area contributed by atoms with Crippen molar-refractivity contribution in [2.45, 2.75) is 9.79 Å². The van der Waals surface area contributed by atoms with Crippen LogP contribution < -0.4 is 4.74 Å². The van der Waals surface area contributed by atoms with Gasteiger partial charge in [0.1, 0.15) is 4.90 Å². The second-order valence-corrected chi connectivity index (χ2v) is 5.58. The van der Waals surface area contributed by atoms with Crippen molar-refractivity contribution in [3.8, 4) is 5.75 Å². The maximum absolute atomic E-state index is 10.9. The van der Waals surface area contributed by atoms with Crippen molar-refractivity contribution in [1.82, 2.24) is 0 Å². The molecule has 0 spiro atoms. The summed E-state index contributed by atoms with van der Waals surface area (Å²) >= 11 is 0. The standard InChI is InChI=1S/C7H6O8S2/c8-4-15-6-2-1-5(16(9,10)11)3-7(6)17(12,13)14/h1-4H,(H,9,10,11)(H,12,13,14). The SMILES string of the molecule is O=COc1ccc(S(=O)(=O)O)cc1S(=O)(=O)O. The normalized spacial score (nSPS) is 12.1. The van der Waals surface area contributed by atoms with Crippen molar-refractivity contribution in [1.29, 1.82) is 0 Å². The minimum Gasteiger partial charge on any atom is -0.427 e. The molecule has 0 aromatic heterocycles. The quantitative estimate of drug-likeness (QED) is 0.568.